The van der Waals surface area contributed by atoms with Gasteiger partial charge in [-0.15, -0.1) is 0 Å². The van der Waals surface area contributed by atoms with Crippen LogP contribution in [0.15, 0.2) is 45.5 Å². The third-order valence-electron chi connectivity index (χ3n) is 3.85. The van der Waals surface area contributed by atoms with Crippen molar-refractivity contribution in [1.29, 1.82) is 0 Å². The van der Waals surface area contributed by atoms with Gasteiger partial charge in [-0.05, 0) is 45.0 Å². The summed E-state index contributed by atoms with van der Waals surface area (Å²) < 4.78 is 17.0. The van der Waals surface area contributed by atoms with Gasteiger partial charge in [0.2, 0.25) is 5.78 Å². The molecule has 0 unspecified atom stereocenters. The number of furan rings is 1. The Labute approximate surface area is 149 Å². The maximum Gasteiger partial charge on any atom is 0.331 e. The van der Waals surface area contributed by atoms with Crippen molar-refractivity contribution in [2.45, 2.75) is 20.8 Å². The van der Waals surface area contributed by atoms with E-state index in [0.29, 0.717) is 28.6 Å². The van der Waals surface area contributed by atoms with Crippen LogP contribution in [0.2, 0.25) is 0 Å². The van der Waals surface area contributed by atoms with Gasteiger partial charge in [-0.25, -0.2) is 4.79 Å². The van der Waals surface area contributed by atoms with Crippen molar-refractivity contribution in [3.8, 4) is 5.82 Å². The number of ether oxygens (including phenoxy) is 1. The minimum atomic E-state index is -0.615. The number of Topliss-reactive ketones (excluding diaryl/α,β-unsaturated/α-hetero) is 1. The van der Waals surface area contributed by atoms with Crippen molar-refractivity contribution >= 4 is 17.8 Å². The topological polar surface area (TPSA) is 87.5 Å². The lowest BCUT2D eigenvalue weighted by Gasteiger charge is -2.05. The van der Waals surface area contributed by atoms with E-state index in [-0.39, 0.29) is 12.4 Å². The quantitative estimate of drug-likeness (QED) is 0.383. The summed E-state index contributed by atoms with van der Waals surface area (Å²) in [7, 11) is 0. The van der Waals surface area contributed by atoms with Crippen molar-refractivity contribution in [3.63, 3.8) is 0 Å². The summed E-state index contributed by atoms with van der Waals surface area (Å²) in [6.07, 6.45) is 4.19. The molecule has 0 amide bonds. The van der Waals surface area contributed by atoms with Crippen LogP contribution in [0.3, 0.4) is 0 Å². The van der Waals surface area contributed by atoms with E-state index in [0.717, 1.165) is 5.69 Å². The van der Waals surface area contributed by atoms with E-state index >= 15 is 0 Å². The van der Waals surface area contributed by atoms with Crippen molar-refractivity contribution in [3.05, 3.63) is 65.1 Å². The van der Waals surface area contributed by atoms with Gasteiger partial charge in [0, 0.05) is 29.1 Å². The van der Waals surface area contributed by atoms with Gasteiger partial charge in [0.25, 0.3) is 0 Å². The van der Waals surface area contributed by atoms with Crippen LogP contribution < -0.4 is 0 Å². The average molecular weight is 354 g/mol. The molecule has 0 saturated heterocycles. The Morgan fingerprint density at radius 1 is 1.27 bits per heavy atom. The van der Waals surface area contributed by atoms with E-state index in [9.17, 15) is 9.59 Å². The van der Waals surface area contributed by atoms with E-state index in [1.54, 1.807) is 31.2 Å². The molecule has 0 atom stereocenters. The normalized spacial score (nSPS) is 11.2. The number of aromatic nitrogens is 2. The highest BCUT2D eigenvalue weighted by Crippen LogP contribution is 2.21. The number of rotatable bonds is 6. The van der Waals surface area contributed by atoms with Crippen molar-refractivity contribution in [2.75, 3.05) is 6.61 Å². The predicted octanol–water partition coefficient (Wildman–Crippen LogP) is 3.42. The number of hydrogen-bond donors (Lipinski definition) is 0. The van der Waals surface area contributed by atoms with E-state index in [4.69, 9.17) is 13.7 Å². The molecule has 0 spiro atoms. The zero-order valence-electron chi connectivity index (χ0n) is 14.7. The lowest BCUT2D eigenvalue weighted by molar-refractivity contribution is -0.136. The fourth-order valence-electron chi connectivity index (χ4n) is 2.66. The molecule has 0 aliphatic heterocycles. The molecule has 0 aromatic carbocycles. The standard InChI is InChI=1S/C19H18N2O5/c1-12-9-16(14(3)21(12)18-10-13(2)26-20-18)17(22)11-25-19(23)7-6-15-5-4-8-24-15/h4-10H,11H2,1-3H3/b7-6+. The summed E-state index contributed by atoms with van der Waals surface area (Å²) in [4.78, 5) is 24.2. The molecule has 0 saturated carbocycles. The van der Waals surface area contributed by atoms with Gasteiger partial charge in [0.15, 0.2) is 12.4 Å². The molecule has 3 aromatic heterocycles. The number of nitrogens with zero attached hydrogens (tertiary/aromatic N) is 2. The van der Waals surface area contributed by atoms with Gasteiger partial charge >= 0.3 is 5.97 Å². The molecule has 0 bridgehead atoms. The molecular weight excluding hydrogens is 336 g/mol. The molecular formula is C19H18N2O5. The van der Waals surface area contributed by atoms with Crippen molar-refractivity contribution in [1.82, 2.24) is 9.72 Å². The molecule has 3 rings (SSSR count). The molecule has 7 heteroatoms. The van der Waals surface area contributed by atoms with Gasteiger partial charge in [-0.3, -0.25) is 9.36 Å². The van der Waals surface area contributed by atoms with Gasteiger partial charge in [-0.1, -0.05) is 5.16 Å². The van der Waals surface area contributed by atoms with Crippen LogP contribution in [-0.2, 0) is 9.53 Å². The fraction of sp³-hybridized carbons (Fsp3) is 0.211. The molecule has 0 aliphatic carbocycles. The Hall–Kier alpha value is -3.35. The van der Waals surface area contributed by atoms with Crippen molar-refractivity contribution < 1.29 is 23.3 Å². The minimum Gasteiger partial charge on any atom is -0.465 e. The van der Waals surface area contributed by atoms with Crippen molar-refractivity contribution in [2.24, 2.45) is 0 Å². The first-order valence-corrected chi connectivity index (χ1v) is 8.00. The zero-order chi connectivity index (χ0) is 18.7. The molecule has 134 valence electrons. The summed E-state index contributed by atoms with van der Waals surface area (Å²) in [6, 6.07) is 6.94. The Balaban J connectivity index is 1.68. The number of hydrogen-bond acceptors (Lipinski definition) is 6. The summed E-state index contributed by atoms with van der Waals surface area (Å²) >= 11 is 0. The van der Waals surface area contributed by atoms with Crippen LogP contribution in [-0.4, -0.2) is 28.1 Å². The number of carbonyl (C=O) groups excluding carboxylic acids is 2. The Kier molecular flexibility index (Phi) is 4.88. The van der Waals surface area contributed by atoms with Crippen LogP contribution in [0, 0.1) is 20.8 Å². The number of esters is 1. The van der Waals surface area contributed by atoms with Gasteiger partial charge < -0.3 is 13.7 Å². The van der Waals surface area contributed by atoms with Gasteiger partial charge in [0.1, 0.15) is 11.5 Å². The summed E-state index contributed by atoms with van der Waals surface area (Å²) in [5.41, 5.74) is 2.03. The highest BCUT2D eigenvalue weighted by molar-refractivity contribution is 6.00. The van der Waals surface area contributed by atoms with Crippen LogP contribution in [0.25, 0.3) is 11.9 Å². The first-order chi connectivity index (χ1) is 12.5. The predicted molar refractivity (Wildman–Crippen MR) is 93.1 cm³/mol. The number of ketones is 1. The maximum atomic E-state index is 12.4. The van der Waals surface area contributed by atoms with Crippen LogP contribution in [0.4, 0.5) is 0 Å². The van der Waals surface area contributed by atoms with Crippen LogP contribution in [0.1, 0.15) is 33.3 Å². The largest absolute Gasteiger partial charge is 0.465 e. The third-order valence-corrected chi connectivity index (χ3v) is 3.85. The molecule has 3 heterocycles. The molecule has 0 N–H and O–H groups in total. The summed E-state index contributed by atoms with van der Waals surface area (Å²) in [5.74, 6) is 0.910. The Bertz CT molecular complexity index is 960. The minimum absolute atomic E-state index is 0.288. The summed E-state index contributed by atoms with van der Waals surface area (Å²) in [6.45, 7) is 5.13. The maximum absolute atomic E-state index is 12.4. The highest BCUT2D eigenvalue weighted by atomic mass is 16.5. The SMILES string of the molecule is Cc1cc(-n2c(C)cc(C(=O)COC(=O)/C=C/c3ccco3)c2C)no1. The fourth-order valence-corrected chi connectivity index (χ4v) is 2.66. The highest BCUT2D eigenvalue weighted by Gasteiger charge is 2.19. The first kappa shape index (κ1) is 17.5. The molecule has 3 aromatic rings. The summed E-state index contributed by atoms with van der Waals surface area (Å²) in [5, 5.41) is 3.98. The lowest BCUT2D eigenvalue weighted by atomic mass is 10.1. The molecule has 0 radical (unpaired) electrons. The second-order valence-electron chi connectivity index (χ2n) is 5.80. The number of aryl methyl sites for hydroxylation is 2. The second kappa shape index (κ2) is 7.26. The zero-order valence-corrected chi connectivity index (χ0v) is 14.7. The molecule has 26 heavy (non-hydrogen) atoms. The van der Waals surface area contributed by atoms with E-state index in [1.807, 2.05) is 18.4 Å². The number of carbonyl (C=O) groups is 2. The van der Waals surface area contributed by atoms with Crippen LogP contribution in [0.5, 0.6) is 0 Å². The van der Waals surface area contributed by atoms with E-state index in [2.05, 4.69) is 5.16 Å². The molecule has 7 nitrogen and oxygen atoms in total. The third kappa shape index (κ3) is 3.66. The van der Waals surface area contributed by atoms with Gasteiger partial charge in [-0.2, -0.15) is 0 Å². The monoisotopic (exact) mass is 354 g/mol. The smallest absolute Gasteiger partial charge is 0.331 e. The van der Waals surface area contributed by atoms with Gasteiger partial charge in [0.05, 0.1) is 6.26 Å². The first-order valence-electron chi connectivity index (χ1n) is 8.00. The molecule has 0 fully saturated rings. The van der Waals surface area contributed by atoms with E-state index < -0.39 is 5.97 Å². The van der Waals surface area contributed by atoms with Crippen LogP contribution >= 0.6 is 0 Å². The van der Waals surface area contributed by atoms with E-state index in [1.165, 1.54) is 18.4 Å². The lowest BCUT2D eigenvalue weighted by Crippen LogP contribution is -2.13. The Morgan fingerprint density at radius 3 is 2.73 bits per heavy atom. The molecule has 0 aliphatic rings. The second-order valence-corrected chi connectivity index (χ2v) is 5.80. The Morgan fingerprint density at radius 2 is 2.08 bits per heavy atom. The average Bonchev–Trinajstić information content (AvgIpc) is 3.32.